The third kappa shape index (κ3) is 24.6. The van der Waals surface area contributed by atoms with Crippen molar-refractivity contribution in [3.8, 4) is 0 Å². The molecular formula is C50H84N16O14. The van der Waals surface area contributed by atoms with E-state index in [4.69, 9.17) is 40.1 Å². The Morgan fingerprint density at radius 3 is 1.59 bits per heavy atom. The molecule has 0 spiro atoms. The molecule has 24 N–H and O–H groups in total. The van der Waals surface area contributed by atoms with Gasteiger partial charge in [-0.15, -0.1) is 0 Å². The van der Waals surface area contributed by atoms with E-state index in [9.17, 15) is 68.1 Å². The largest absolute Gasteiger partial charge is 0.480 e. The first-order chi connectivity index (χ1) is 37.8. The number of carboxylic acids is 1. The smallest absolute Gasteiger partial charge is 0.328 e. The van der Waals surface area contributed by atoms with Gasteiger partial charge in [0.15, 0.2) is 12.0 Å². The highest BCUT2D eigenvalue weighted by Crippen LogP contribution is 2.21. The van der Waals surface area contributed by atoms with E-state index >= 15 is 0 Å². The maximum Gasteiger partial charge on any atom is 0.328 e. The molecule has 80 heavy (non-hydrogen) atoms. The van der Waals surface area contributed by atoms with Gasteiger partial charge in [-0.2, -0.15) is 0 Å². The molecule has 0 saturated carbocycles. The summed E-state index contributed by atoms with van der Waals surface area (Å²) in [6, 6.07) is -4.52. The quantitative estimate of drug-likeness (QED) is 0.0166. The summed E-state index contributed by atoms with van der Waals surface area (Å²) >= 11 is 0. The fourth-order valence-corrected chi connectivity index (χ4v) is 8.49. The second-order valence-corrected chi connectivity index (χ2v) is 19.6. The maximum atomic E-state index is 14.6. The van der Waals surface area contributed by atoms with Crippen molar-refractivity contribution in [2.45, 2.75) is 177 Å². The van der Waals surface area contributed by atoms with Gasteiger partial charge in [0.1, 0.15) is 42.3 Å². The van der Waals surface area contributed by atoms with Crippen LogP contribution in [0, 0.1) is 0 Å². The summed E-state index contributed by atoms with van der Waals surface area (Å²) in [5.41, 5.74) is 39.5. The van der Waals surface area contributed by atoms with Crippen molar-refractivity contribution in [1.82, 2.24) is 42.1 Å². The van der Waals surface area contributed by atoms with Gasteiger partial charge in [-0.25, -0.2) is 4.79 Å². The number of carboxylic acid groups (broad SMARTS) is 1. The normalized spacial score (nSPS) is 16.7. The Kier molecular flexibility index (Phi) is 30.7. The second kappa shape index (κ2) is 35.9. The van der Waals surface area contributed by atoms with Crippen LogP contribution in [0.3, 0.4) is 0 Å². The highest BCUT2D eigenvalue weighted by molar-refractivity contribution is 5.98. The molecule has 1 saturated heterocycles. The van der Waals surface area contributed by atoms with Crippen LogP contribution in [0.25, 0.3) is 0 Å². The van der Waals surface area contributed by atoms with Gasteiger partial charge >= 0.3 is 5.97 Å². The molecule has 1 aliphatic heterocycles. The van der Waals surface area contributed by atoms with Crippen LogP contribution in [0.15, 0.2) is 35.3 Å². The number of carbonyl (C=O) groups is 11. The third-order valence-electron chi connectivity index (χ3n) is 12.9. The Balaban J connectivity index is 2.47. The number of aliphatic carboxylic acids is 1. The summed E-state index contributed by atoms with van der Waals surface area (Å²) in [6.45, 7) is 2.81. The number of guanidine groups is 1. The Hall–Kier alpha value is -7.54. The average molecular weight is 1130 g/mol. The molecule has 30 nitrogen and oxygen atoms in total. The Morgan fingerprint density at radius 1 is 0.588 bits per heavy atom. The molecular weight excluding hydrogens is 1050 g/mol. The van der Waals surface area contributed by atoms with Gasteiger partial charge in [0, 0.05) is 32.4 Å². The zero-order chi connectivity index (χ0) is 60.1. The van der Waals surface area contributed by atoms with Crippen LogP contribution in [0.5, 0.6) is 0 Å². The number of aliphatic hydroxyl groups excluding tert-OH is 2. The summed E-state index contributed by atoms with van der Waals surface area (Å²) in [5, 5.41) is 48.0. The maximum absolute atomic E-state index is 14.6. The number of primary amides is 2. The molecule has 1 aromatic rings. The zero-order valence-corrected chi connectivity index (χ0v) is 45.4. The number of hydrogen-bond acceptors (Lipinski definition) is 17. The third-order valence-corrected chi connectivity index (χ3v) is 12.9. The molecule has 0 radical (unpaired) electrons. The first-order valence-corrected chi connectivity index (χ1v) is 26.6. The summed E-state index contributed by atoms with van der Waals surface area (Å²) in [7, 11) is 0. The molecule has 1 heterocycles. The molecule has 0 bridgehead atoms. The summed E-state index contributed by atoms with van der Waals surface area (Å²) in [4.78, 5) is 152. The number of nitrogens with two attached hydrogens (primary N) is 7. The number of nitrogens with one attached hydrogen (secondary N) is 7. The Morgan fingerprint density at radius 2 is 1.06 bits per heavy atom. The van der Waals surface area contributed by atoms with Gasteiger partial charge in [-0.1, -0.05) is 30.3 Å². The van der Waals surface area contributed by atoms with E-state index in [1.165, 1.54) is 11.8 Å². The number of rotatable bonds is 38. The number of likely N-dealkylation sites (tertiary alicyclic amines) is 1. The van der Waals surface area contributed by atoms with Crippen LogP contribution in [-0.2, 0) is 59.2 Å². The van der Waals surface area contributed by atoms with Crippen LogP contribution in [0.2, 0.25) is 0 Å². The predicted molar refractivity (Wildman–Crippen MR) is 290 cm³/mol. The average Bonchev–Trinajstić information content (AvgIpc) is 3.90. The SMILES string of the molecule is C[C@@H](O)[C@H](NC(=O)[C@H](Cc1ccccc1)NC(=O)[C@@H]1CCCN1C(=O)[C@H](CCCN=C(N)N)NC(=O)[C@H](CCCCN)NC(=O)[C@H](CCCCN)NC(=O)[C@@H](NC(=O)[C@H](CCC(N)=O)NC(=O)[C@@H](N)CCC(N)=O)[C@@H](C)O)C(=O)O. The van der Waals surface area contributed by atoms with Crippen molar-refractivity contribution in [3.05, 3.63) is 35.9 Å². The number of nitrogens with zero attached hydrogens (tertiary/aromatic N) is 2. The number of aliphatic imine (C=N–C) groups is 1. The molecule has 0 unspecified atom stereocenters. The number of unbranched alkanes of at least 4 members (excludes halogenated alkanes) is 2. The van der Waals surface area contributed by atoms with Crippen LogP contribution in [0.4, 0.5) is 0 Å². The molecule has 30 heteroatoms. The van der Waals surface area contributed by atoms with Gasteiger partial charge in [-0.3, -0.25) is 52.9 Å². The highest BCUT2D eigenvalue weighted by atomic mass is 16.4. The van der Waals surface area contributed by atoms with E-state index in [1.807, 2.05) is 0 Å². The highest BCUT2D eigenvalue weighted by Gasteiger charge is 2.41. The number of benzene rings is 1. The molecule has 1 aliphatic rings. The summed E-state index contributed by atoms with van der Waals surface area (Å²) in [5.74, 6) is -10.5. The lowest BCUT2D eigenvalue weighted by atomic mass is 10.0. The minimum atomic E-state index is -1.78. The van der Waals surface area contributed by atoms with Gasteiger partial charge in [0.25, 0.3) is 0 Å². The van der Waals surface area contributed by atoms with Crippen molar-refractivity contribution in [2.24, 2.45) is 45.1 Å². The van der Waals surface area contributed by atoms with Crippen LogP contribution in [-0.4, -0.2) is 184 Å². The van der Waals surface area contributed by atoms with Crippen molar-refractivity contribution >= 4 is 71.0 Å². The van der Waals surface area contributed by atoms with E-state index in [-0.39, 0.29) is 96.3 Å². The molecule has 1 fully saturated rings. The number of hydrogen-bond donors (Lipinski definition) is 17. The number of amides is 10. The van der Waals surface area contributed by atoms with Crippen LogP contribution in [0.1, 0.15) is 109 Å². The van der Waals surface area contributed by atoms with E-state index in [0.29, 0.717) is 31.2 Å². The summed E-state index contributed by atoms with van der Waals surface area (Å²) < 4.78 is 0. The molecule has 0 aliphatic carbocycles. The summed E-state index contributed by atoms with van der Waals surface area (Å²) in [6.07, 6.45) is -2.67. The van der Waals surface area contributed by atoms with Gasteiger partial charge in [0.2, 0.25) is 59.1 Å². The fourth-order valence-electron chi connectivity index (χ4n) is 8.49. The molecule has 0 aromatic heterocycles. The van der Waals surface area contributed by atoms with E-state index in [1.54, 1.807) is 30.3 Å². The molecule has 2 rings (SSSR count). The molecule has 10 amide bonds. The van der Waals surface area contributed by atoms with Gasteiger partial charge in [0.05, 0.1) is 18.2 Å². The van der Waals surface area contributed by atoms with Gasteiger partial charge in [-0.05, 0) is 110 Å². The first kappa shape index (κ1) is 68.6. The molecule has 1 aromatic carbocycles. The lowest BCUT2D eigenvalue weighted by Gasteiger charge is -2.31. The Labute approximate surface area is 464 Å². The van der Waals surface area contributed by atoms with E-state index < -0.39 is 138 Å². The lowest BCUT2D eigenvalue weighted by molar-refractivity contribution is -0.145. The van der Waals surface area contributed by atoms with Gasteiger partial charge < -0.3 is 97.6 Å². The van der Waals surface area contributed by atoms with Crippen molar-refractivity contribution < 1.29 is 68.1 Å². The van der Waals surface area contributed by atoms with E-state index in [0.717, 1.165) is 6.92 Å². The van der Waals surface area contributed by atoms with E-state index in [2.05, 4.69) is 42.2 Å². The molecule has 448 valence electrons. The van der Waals surface area contributed by atoms with Crippen molar-refractivity contribution in [2.75, 3.05) is 26.2 Å². The second-order valence-electron chi connectivity index (χ2n) is 19.6. The number of carbonyl (C=O) groups excluding carboxylic acids is 10. The minimum Gasteiger partial charge on any atom is -0.480 e. The minimum absolute atomic E-state index is 0.0238. The Bertz CT molecular complexity index is 2270. The van der Waals surface area contributed by atoms with Crippen molar-refractivity contribution in [3.63, 3.8) is 0 Å². The standard InChI is InChI=1S/C50H84N16O14/c1-27(67)39(64-44(74)33(19-21-38(55)70)59-41(71)30(53)18-20-37(54)69)47(77)61-32(15-7-9-23-52)42(72)60-31(14-6-8-22-51)43(73)62-34(16-10-24-58-50(56)57)48(78)66-25-11-17-36(66)46(76)63-35(26-29-12-4-3-5-13-29)45(75)65-40(28(2)68)49(79)80/h3-5,12-13,27-28,30-36,39-40,67-68H,6-11,14-26,51-53H2,1-2H3,(H2,54,69)(H2,55,70)(H,59,71)(H,60,72)(H,61,77)(H,62,73)(H,63,76)(H,64,74)(H,65,75)(H,79,80)(H4,56,57,58)/t27-,28-,30+,31+,32+,33+,34+,35+,36+,39+,40+/m1/s1. The monoisotopic (exact) mass is 1130 g/mol. The topological polar surface area (TPSA) is 530 Å². The molecule has 11 atom stereocenters. The first-order valence-electron chi connectivity index (χ1n) is 26.6. The lowest BCUT2D eigenvalue weighted by Crippen LogP contribution is -2.61. The van der Waals surface area contributed by atoms with Crippen LogP contribution >= 0.6 is 0 Å². The predicted octanol–water partition coefficient (Wildman–Crippen LogP) is -6.37. The zero-order valence-electron chi connectivity index (χ0n) is 45.4. The fraction of sp³-hybridized carbons (Fsp3) is 0.640. The van der Waals surface area contributed by atoms with Crippen LogP contribution < -0.4 is 77.4 Å². The van der Waals surface area contributed by atoms with Crippen molar-refractivity contribution in [1.29, 1.82) is 0 Å². The number of aliphatic hydroxyl groups is 2.